The molecule has 2 heterocycles. The predicted molar refractivity (Wildman–Crippen MR) is 65.3 cm³/mol. The minimum Gasteiger partial charge on any atom is -0.382 e. The molecular weight excluding hydrogens is 238 g/mol. The summed E-state index contributed by atoms with van der Waals surface area (Å²) in [5.74, 6) is 0.717. The summed E-state index contributed by atoms with van der Waals surface area (Å²) >= 11 is 0. The van der Waals surface area contributed by atoms with E-state index >= 15 is 0 Å². The van der Waals surface area contributed by atoms with Crippen LogP contribution >= 0.6 is 0 Å². The van der Waals surface area contributed by atoms with Crippen LogP contribution in [0.5, 0.6) is 0 Å². The monoisotopic (exact) mass is 255 g/mol. The number of nitrogens with zero attached hydrogens (tertiary/aromatic N) is 2. The molecule has 2 N–H and O–H groups in total. The van der Waals surface area contributed by atoms with Gasteiger partial charge in [-0.15, -0.1) is 0 Å². The molecule has 6 heteroatoms. The van der Waals surface area contributed by atoms with Gasteiger partial charge in [0.15, 0.2) is 9.84 Å². The van der Waals surface area contributed by atoms with E-state index < -0.39 is 9.84 Å². The van der Waals surface area contributed by atoms with Gasteiger partial charge in [0.1, 0.15) is 5.82 Å². The van der Waals surface area contributed by atoms with Crippen LogP contribution in [0.1, 0.15) is 43.0 Å². The van der Waals surface area contributed by atoms with E-state index in [1.807, 2.05) is 4.68 Å². The van der Waals surface area contributed by atoms with Crippen LogP contribution in [0.4, 0.5) is 5.82 Å². The average Bonchev–Trinajstić information content (AvgIpc) is 2.86. The number of sulfone groups is 1. The van der Waals surface area contributed by atoms with Crippen molar-refractivity contribution in [2.24, 2.45) is 0 Å². The Hall–Kier alpha value is -1.04. The third-order valence-corrected chi connectivity index (χ3v) is 5.39. The van der Waals surface area contributed by atoms with Gasteiger partial charge >= 0.3 is 0 Å². The lowest BCUT2D eigenvalue weighted by Crippen LogP contribution is -2.22. The second-order valence-corrected chi connectivity index (χ2v) is 7.22. The molecule has 17 heavy (non-hydrogen) atoms. The van der Waals surface area contributed by atoms with Gasteiger partial charge < -0.3 is 5.73 Å². The molecule has 0 aromatic carbocycles. The number of nitrogens with two attached hydrogens (primary N) is 1. The van der Waals surface area contributed by atoms with E-state index in [1.165, 1.54) is 12.8 Å². The summed E-state index contributed by atoms with van der Waals surface area (Å²) in [4.78, 5) is 0. The molecule has 1 fully saturated rings. The molecule has 0 radical (unpaired) electrons. The Labute approximate surface area is 101 Å². The van der Waals surface area contributed by atoms with Crippen LogP contribution in [0.3, 0.4) is 0 Å². The molecule has 0 unspecified atom stereocenters. The van der Waals surface area contributed by atoms with E-state index in [0.717, 1.165) is 24.1 Å². The zero-order valence-corrected chi connectivity index (χ0v) is 10.5. The SMILES string of the molecule is Nc1nn(C2CCCC2)c2c1CS(=O)(=O)CC2. The molecule has 0 spiro atoms. The van der Waals surface area contributed by atoms with Gasteiger partial charge in [-0.1, -0.05) is 12.8 Å². The fourth-order valence-corrected chi connectivity index (χ4v) is 4.34. The maximum Gasteiger partial charge on any atom is 0.155 e. The summed E-state index contributed by atoms with van der Waals surface area (Å²) in [6, 6.07) is 0.432. The van der Waals surface area contributed by atoms with Gasteiger partial charge in [0.25, 0.3) is 0 Å². The molecule has 2 aliphatic rings. The smallest absolute Gasteiger partial charge is 0.155 e. The zero-order chi connectivity index (χ0) is 12.0. The third-order valence-electron chi connectivity index (χ3n) is 3.83. The number of rotatable bonds is 1. The molecule has 94 valence electrons. The van der Waals surface area contributed by atoms with Crippen LogP contribution in [0.15, 0.2) is 0 Å². The molecule has 5 nitrogen and oxygen atoms in total. The van der Waals surface area contributed by atoms with Gasteiger partial charge in [0.05, 0.1) is 17.5 Å². The van der Waals surface area contributed by atoms with Crippen molar-refractivity contribution in [3.63, 3.8) is 0 Å². The third kappa shape index (κ3) is 1.84. The van der Waals surface area contributed by atoms with Crippen molar-refractivity contribution in [3.8, 4) is 0 Å². The van der Waals surface area contributed by atoms with E-state index in [9.17, 15) is 8.42 Å². The number of nitrogen functional groups attached to an aromatic ring is 1. The number of aromatic nitrogens is 2. The lowest BCUT2D eigenvalue weighted by atomic mass is 10.2. The Bertz CT molecular complexity index is 541. The predicted octanol–water partition coefficient (Wildman–Crippen LogP) is 1.05. The summed E-state index contributed by atoms with van der Waals surface area (Å²) in [7, 11) is -2.96. The van der Waals surface area contributed by atoms with Gasteiger partial charge in [-0.25, -0.2) is 8.42 Å². The summed E-state index contributed by atoms with van der Waals surface area (Å²) in [6.45, 7) is 0. The fraction of sp³-hybridized carbons (Fsp3) is 0.727. The van der Waals surface area contributed by atoms with Crippen LogP contribution in [-0.2, 0) is 22.0 Å². The number of hydrogen-bond donors (Lipinski definition) is 1. The lowest BCUT2D eigenvalue weighted by molar-refractivity contribution is 0.451. The minimum absolute atomic E-state index is 0.0703. The first-order valence-electron chi connectivity index (χ1n) is 6.13. The summed E-state index contributed by atoms with van der Waals surface area (Å²) in [5, 5.41) is 4.37. The van der Waals surface area contributed by atoms with Crippen LogP contribution < -0.4 is 5.73 Å². The minimum atomic E-state index is -2.96. The standard InChI is InChI=1S/C11H17N3O2S/c12-11-9-7-17(15,16)6-5-10(9)14(13-11)8-3-1-2-4-8/h8H,1-7H2,(H2,12,13). The van der Waals surface area contributed by atoms with Crippen molar-refractivity contribution in [1.29, 1.82) is 0 Å². The van der Waals surface area contributed by atoms with Crippen LogP contribution in [0.25, 0.3) is 0 Å². The second-order valence-electron chi connectivity index (χ2n) is 5.04. The highest BCUT2D eigenvalue weighted by atomic mass is 32.2. The normalized spacial score (nSPS) is 23.8. The number of hydrogen-bond acceptors (Lipinski definition) is 4. The van der Waals surface area contributed by atoms with Gasteiger partial charge in [0.2, 0.25) is 0 Å². The highest BCUT2D eigenvalue weighted by Gasteiger charge is 2.30. The highest BCUT2D eigenvalue weighted by Crippen LogP contribution is 2.34. The average molecular weight is 255 g/mol. The Morgan fingerprint density at radius 3 is 2.71 bits per heavy atom. The maximum atomic E-state index is 11.6. The van der Waals surface area contributed by atoms with E-state index in [-0.39, 0.29) is 11.5 Å². The molecule has 3 rings (SSSR count). The number of fused-ring (bicyclic) bond motifs is 1. The first-order valence-corrected chi connectivity index (χ1v) is 7.95. The Kier molecular flexibility index (Phi) is 2.43. The van der Waals surface area contributed by atoms with Crippen LogP contribution in [0, 0.1) is 0 Å². The largest absolute Gasteiger partial charge is 0.382 e. The summed E-state index contributed by atoms with van der Waals surface area (Å²) in [6.07, 6.45) is 5.31. The van der Waals surface area contributed by atoms with Gasteiger partial charge in [-0.3, -0.25) is 4.68 Å². The molecule has 1 saturated carbocycles. The maximum absolute atomic E-state index is 11.6. The highest BCUT2D eigenvalue weighted by molar-refractivity contribution is 7.90. The molecule has 0 saturated heterocycles. The van der Waals surface area contributed by atoms with Gasteiger partial charge in [-0.05, 0) is 12.8 Å². The Morgan fingerprint density at radius 1 is 1.29 bits per heavy atom. The van der Waals surface area contributed by atoms with Crippen molar-refractivity contribution < 1.29 is 8.42 Å². The first-order chi connectivity index (χ1) is 8.07. The molecular formula is C11H17N3O2S. The van der Waals surface area contributed by atoms with Crippen molar-refractivity contribution in [2.45, 2.75) is 43.9 Å². The van der Waals surface area contributed by atoms with E-state index in [2.05, 4.69) is 5.10 Å². The van der Waals surface area contributed by atoms with Gasteiger partial charge in [0, 0.05) is 17.7 Å². The Morgan fingerprint density at radius 2 is 2.00 bits per heavy atom. The van der Waals surface area contributed by atoms with Crippen molar-refractivity contribution in [3.05, 3.63) is 11.3 Å². The second kappa shape index (κ2) is 3.73. The zero-order valence-electron chi connectivity index (χ0n) is 9.72. The number of anilines is 1. The van der Waals surface area contributed by atoms with Gasteiger partial charge in [-0.2, -0.15) is 5.10 Å². The fourth-order valence-electron chi connectivity index (χ4n) is 2.94. The Balaban J connectivity index is 2.03. The molecule has 0 atom stereocenters. The molecule has 1 aliphatic carbocycles. The summed E-state index contributed by atoms with van der Waals surface area (Å²) < 4.78 is 25.2. The first kappa shape index (κ1) is 11.1. The molecule has 0 bridgehead atoms. The molecule has 1 aromatic heterocycles. The molecule has 0 amide bonds. The van der Waals surface area contributed by atoms with E-state index in [1.54, 1.807) is 0 Å². The quantitative estimate of drug-likeness (QED) is 0.813. The van der Waals surface area contributed by atoms with Crippen molar-refractivity contribution in [1.82, 2.24) is 9.78 Å². The topological polar surface area (TPSA) is 78.0 Å². The van der Waals surface area contributed by atoms with Crippen molar-refractivity contribution >= 4 is 15.7 Å². The molecule has 1 aliphatic heterocycles. The van der Waals surface area contributed by atoms with E-state index in [4.69, 9.17) is 5.73 Å². The lowest BCUT2D eigenvalue weighted by Gasteiger charge is -2.18. The van der Waals surface area contributed by atoms with Crippen molar-refractivity contribution in [2.75, 3.05) is 11.5 Å². The van der Waals surface area contributed by atoms with Crippen LogP contribution in [-0.4, -0.2) is 24.0 Å². The molecule has 1 aromatic rings. The van der Waals surface area contributed by atoms with E-state index in [0.29, 0.717) is 18.3 Å². The van der Waals surface area contributed by atoms with Crippen LogP contribution in [0.2, 0.25) is 0 Å². The summed E-state index contributed by atoms with van der Waals surface area (Å²) in [5.41, 5.74) is 7.67.